The third-order valence-electron chi connectivity index (χ3n) is 2.40. The van der Waals surface area contributed by atoms with Gasteiger partial charge in [0.1, 0.15) is 5.52 Å². The molecule has 1 aromatic carbocycles. The highest BCUT2D eigenvalue weighted by Gasteiger charge is 2.21. The van der Waals surface area contributed by atoms with Gasteiger partial charge in [-0.2, -0.15) is 13.2 Å². The summed E-state index contributed by atoms with van der Waals surface area (Å²) in [5, 5.41) is 0.674. The molecule has 0 aliphatic rings. The van der Waals surface area contributed by atoms with Crippen LogP contribution in [0.3, 0.4) is 0 Å². The predicted octanol–water partition coefficient (Wildman–Crippen LogP) is 3.74. The van der Waals surface area contributed by atoms with Gasteiger partial charge in [-0.05, 0) is 18.2 Å². The third kappa shape index (κ3) is 3.57. The average molecular weight is 281 g/mol. The summed E-state index contributed by atoms with van der Waals surface area (Å²) >= 11 is 0. The number of allylic oxidation sites excluding steroid dienone is 1. The standard InChI is InChI=1S/C14H10F3NO2/c1-9(19)20-12-4-2-3-10-5-6-11(18-13(10)12)7-8-14(15,16)17/h2-8H,1H3/b8-7+. The lowest BCUT2D eigenvalue weighted by atomic mass is 10.2. The fraction of sp³-hybridized carbons (Fsp3) is 0.143. The van der Waals surface area contributed by atoms with Crippen molar-refractivity contribution >= 4 is 22.9 Å². The highest BCUT2D eigenvalue weighted by molar-refractivity contribution is 5.87. The summed E-state index contributed by atoms with van der Waals surface area (Å²) < 4.78 is 41.3. The van der Waals surface area contributed by atoms with Crippen LogP contribution in [0.2, 0.25) is 0 Å². The normalized spacial score (nSPS) is 12.0. The zero-order valence-electron chi connectivity index (χ0n) is 10.4. The minimum absolute atomic E-state index is 0.107. The summed E-state index contributed by atoms with van der Waals surface area (Å²) in [6.07, 6.45) is -3.42. The molecule has 6 heteroatoms. The van der Waals surface area contributed by atoms with E-state index in [-0.39, 0.29) is 17.5 Å². The first kappa shape index (κ1) is 14.0. The Morgan fingerprint density at radius 1 is 1.25 bits per heavy atom. The summed E-state index contributed by atoms with van der Waals surface area (Å²) in [6, 6.07) is 8.02. The number of rotatable bonds is 2. The SMILES string of the molecule is CC(=O)Oc1cccc2ccc(/C=C/C(F)(F)F)nc12. The maximum absolute atomic E-state index is 12.1. The number of pyridine rings is 1. The number of hydrogen-bond donors (Lipinski definition) is 0. The van der Waals surface area contributed by atoms with Crippen LogP contribution in [0.4, 0.5) is 13.2 Å². The number of halogens is 3. The maximum atomic E-state index is 12.1. The van der Waals surface area contributed by atoms with Gasteiger partial charge in [0.2, 0.25) is 0 Å². The molecular formula is C14H10F3NO2. The minimum atomic E-state index is -4.40. The fourth-order valence-corrected chi connectivity index (χ4v) is 1.64. The van der Waals surface area contributed by atoms with Gasteiger partial charge in [-0.1, -0.05) is 18.2 Å². The summed E-state index contributed by atoms with van der Waals surface area (Å²) in [6.45, 7) is 1.24. The van der Waals surface area contributed by atoms with Gasteiger partial charge in [-0.3, -0.25) is 4.79 Å². The molecule has 0 aliphatic carbocycles. The molecule has 104 valence electrons. The Morgan fingerprint density at radius 3 is 2.65 bits per heavy atom. The quantitative estimate of drug-likeness (QED) is 0.622. The minimum Gasteiger partial charge on any atom is -0.424 e. The lowest BCUT2D eigenvalue weighted by molar-refractivity contribution is -0.131. The summed E-state index contributed by atoms with van der Waals surface area (Å²) in [7, 11) is 0. The molecule has 0 aliphatic heterocycles. The highest BCUT2D eigenvalue weighted by Crippen LogP contribution is 2.25. The van der Waals surface area contributed by atoms with E-state index < -0.39 is 12.1 Å². The number of benzene rings is 1. The zero-order valence-corrected chi connectivity index (χ0v) is 10.4. The van der Waals surface area contributed by atoms with Gasteiger partial charge in [0, 0.05) is 18.4 Å². The van der Waals surface area contributed by atoms with Gasteiger partial charge in [-0.15, -0.1) is 0 Å². The molecule has 0 N–H and O–H groups in total. The van der Waals surface area contributed by atoms with Crippen molar-refractivity contribution in [2.24, 2.45) is 0 Å². The van der Waals surface area contributed by atoms with Gasteiger partial charge in [0.05, 0.1) is 5.69 Å². The molecule has 0 atom stereocenters. The Hall–Kier alpha value is -2.37. The number of carbonyl (C=O) groups excluding carboxylic acids is 1. The molecule has 1 heterocycles. The van der Waals surface area contributed by atoms with Crippen LogP contribution < -0.4 is 4.74 Å². The van der Waals surface area contributed by atoms with Crippen molar-refractivity contribution in [3.63, 3.8) is 0 Å². The number of ether oxygens (including phenoxy) is 1. The monoisotopic (exact) mass is 281 g/mol. The van der Waals surface area contributed by atoms with Crippen molar-refractivity contribution in [3.8, 4) is 5.75 Å². The molecule has 0 spiro atoms. The van der Waals surface area contributed by atoms with E-state index in [1.165, 1.54) is 19.1 Å². The van der Waals surface area contributed by atoms with E-state index in [4.69, 9.17) is 4.74 Å². The number of aromatic nitrogens is 1. The fourth-order valence-electron chi connectivity index (χ4n) is 1.64. The van der Waals surface area contributed by atoms with E-state index in [2.05, 4.69) is 4.98 Å². The Labute approximate surface area is 112 Å². The second-order valence-electron chi connectivity index (χ2n) is 4.03. The van der Waals surface area contributed by atoms with Gasteiger partial charge in [0.25, 0.3) is 0 Å². The van der Waals surface area contributed by atoms with Gasteiger partial charge >= 0.3 is 12.1 Å². The average Bonchev–Trinajstić information content (AvgIpc) is 2.35. The summed E-state index contributed by atoms with van der Waals surface area (Å²) in [4.78, 5) is 15.1. The smallest absolute Gasteiger partial charge is 0.409 e. The predicted molar refractivity (Wildman–Crippen MR) is 68.1 cm³/mol. The number of esters is 1. The molecule has 0 amide bonds. The molecule has 3 nitrogen and oxygen atoms in total. The van der Waals surface area contributed by atoms with Gasteiger partial charge in [-0.25, -0.2) is 4.98 Å². The van der Waals surface area contributed by atoms with Crippen molar-refractivity contribution in [2.75, 3.05) is 0 Å². The van der Waals surface area contributed by atoms with Crippen LogP contribution >= 0.6 is 0 Å². The summed E-state index contributed by atoms with van der Waals surface area (Å²) in [5.41, 5.74) is 0.474. The summed E-state index contributed by atoms with van der Waals surface area (Å²) in [5.74, 6) is -0.298. The first-order valence-electron chi connectivity index (χ1n) is 5.69. The van der Waals surface area contributed by atoms with E-state index in [1.807, 2.05) is 0 Å². The lowest BCUT2D eigenvalue weighted by Gasteiger charge is -2.06. The molecule has 0 radical (unpaired) electrons. The highest BCUT2D eigenvalue weighted by atomic mass is 19.4. The molecule has 1 aromatic heterocycles. The molecule has 2 aromatic rings. The third-order valence-corrected chi connectivity index (χ3v) is 2.40. The van der Waals surface area contributed by atoms with Crippen LogP contribution in [0.5, 0.6) is 5.75 Å². The number of carbonyl (C=O) groups is 1. The van der Waals surface area contributed by atoms with Crippen molar-refractivity contribution in [2.45, 2.75) is 13.1 Å². The first-order chi connectivity index (χ1) is 9.35. The number of hydrogen-bond acceptors (Lipinski definition) is 3. The molecule has 0 bridgehead atoms. The van der Waals surface area contributed by atoms with E-state index >= 15 is 0 Å². The topological polar surface area (TPSA) is 39.2 Å². The van der Waals surface area contributed by atoms with Gasteiger partial charge < -0.3 is 4.74 Å². The van der Waals surface area contributed by atoms with Crippen molar-refractivity contribution in [1.82, 2.24) is 4.98 Å². The Balaban J connectivity index is 2.46. The van der Waals surface area contributed by atoms with Gasteiger partial charge in [0.15, 0.2) is 5.75 Å². The van der Waals surface area contributed by atoms with Crippen LogP contribution in [0, 0.1) is 0 Å². The Bertz CT molecular complexity index is 678. The molecule has 0 unspecified atom stereocenters. The number of nitrogens with zero attached hydrogens (tertiary/aromatic N) is 1. The van der Waals surface area contributed by atoms with E-state index in [1.54, 1.807) is 18.2 Å². The Kier molecular flexibility index (Phi) is 3.74. The van der Waals surface area contributed by atoms with Crippen LogP contribution in [-0.4, -0.2) is 17.1 Å². The van der Waals surface area contributed by atoms with Crippen LogP contribution in [0.25, 0.3) is 17.0 Å². The maximum Gasteiger partial charge on any atom is 0.409 e. The van der Waals surface area contributed by atoms with Crippen LogP contribution in [-0.2, 0) is 4.79 Å². The number of para-hydroxylation sites is 1. The largest absolute Gasteiger partial charge is 0.424 e. The molecule has 2 rings (SSSR count). The van der Waals surface area contributed by atoms with Crippen molar-refractivity contribution in [1.29, 1.82) is 0 Å². The van der Waals surface area contributed by atoms with Crippen LogP contribution in [0.1, 0.15) is 12.6 Å². The molecule has 0 saturated heterocycles. The Morgan fingerprint density at radius 2 is 2.00 bits per heavy atom. The molecule has 20 heavy (non-hydrogen) atoms. The molecule has 0 saturated carbocycles. The second-order valence-corrected chi connectivity index (χ2v) is 4.03. The number of alkyl halides is 3. The zero-order chi connectivity index (χ0) is 14.8. The number of fused-ring (bicyclic) bond motifs is 1. The molecular weight excluding hydrogens is 271 g/mol. The second kappa shape index (κ2) is 5.32. The van der Waals surface area contributed by atoms with E-state index in [0.29, 0.717) is 10.9 Å². The van der Waals surface area contributed by atoms with Crippen molar-refractivity contribution in [3.05, 3.63) is 42.1 Å². The lowest BCUT2D eigenvalue weighted by Crippen LogP contribution is -2.03. The van der Waals surface area contributed by atoms with E-state index in [9.17, 15) is 18.0 Å². The van der Waals surface area contributed by atoms with Crippen LogP contribution in [0.15, 0.2) is 36.4 Å². The molecule has 0 fully saturated rings. The van der Waals surface area contributed by atoms with E-state index in [0.717, 1.165) is 6.08 Å². The van der Waals surface area contributed by atoms with Crippen molar-refractivity contribution < 1.29 is 22.7 Å². The first-order valence-corrected chi connectivity index (χ1v) is 5.69.